The molecule has 4 nitrogen and oxygen atoms in total. The van der Waals surface area contributed by atoms with Crippen molar-refractivity contribution in [3.63, 3.8) is 0 Å². The number of anilines is 1. The van der Waals surface area contributed by atoms with E-state index < -0.39 is 0 Å². The summed E-state index contributed by atoms with van der Waals surface area (Å²) in [6, 6.07) is 1.83. The van der Waals surface area contributed by atoms with E-state index >= 15 is 0 Å². The zero-order valence-corrected chi connectivity index (χ0v) is 10.7. The topological polar surface area (TPSA) is 38.1 Å². The predicted octanol–water partition coefficient (Wildman–Crippen LogP) is 2.05. The molecule has 5 heteroatoms. The van der Waals surface area contributed by atoms with Gasteiger partial charge in [0.2, 0.25) is 0 Å². The first-order chi connectivity index (χ1) is 8.10. The highest BCUT2D eigenvalue weighted by atomic mass is 35.5. The Balaban J connectivity index is 2.15. The van der Waals surface area contributed by atoms with Crippen LogP contribution in [-0.2, 0) is 6.54 Å². The van der Waals surface area contributed by atoms with Gasteiger partial charge >= 0.3 is 5.69 Å². The first kappa shape index (κ1) is 11.1. The van der Waals surface area contributed by atoms with Gasteiger partial charge < -0.3 is 4.90 Å². The van der Waals surface area contributed by atoms with E-state index in [9.17, 15) is 4.79 Å². The van der Waals surface area contributed by atoms with Gasteiger partial charge in [0, 0.05) is 24.7 Å². The van der Waals surface area contributed by atoms with Crippen molar-refractivity contribution in [2.75, 3.05) is 11.4 Å². The Morgan fingerprint density at radius 1 is 1.35 bits per heavy atom. The van der Waals surface area contributed by atoms with E-state index in [2.05, 4.69) is 16.8 Å². The Labute approximate surface area is 105 Å². The molecular formula is C12H16ClN3O. The van der Waals surface area contributed by atoms with E-state index in [0.29, 0.717) is 5.15 Å². The molecule has 0 N–H and O–H groups in total. The molecule has 3 rings (SSSR count). The van der Waals surface area contributed by atoms with Gasteiger partial charge in [-0.05, 0) is 32.6 Å². The number of halogens is 1. The van der Waals surface area contributed by atoms with Crippen molar-refractivity contribution in [2.45, 2.75) is 44.7 Å². The Morgan fingerprint density at radius 3 is 3.00 bits per heavy atom. The summed E-state index contributed by atoms with van der Waals surface area (Å²) in [6.07, 6.45) is 4.67. The Kier molecular flexibility index (Phi) is 2.43. The molecule has 1 aromatic heterocycles. The normalized spacial score (nSPS) is 27.5. The highest BCUT2D eigenvalue weighted by molar-refractivity contribution is 6.29. The second-order valence-electron chi connectivity index (χ2n) is 5.23. The summed E-state index contributed by atoms with van der Waals surface area (Å²) in [5, 5.41) is 0.302. The molecule has 0 saturated carbocycles. The average Bonchev–Trinajstić information content (AvgIpc) is 2.27. The minimum Gasteiger partial charge on any atom is -0.352 e. The molecule has 1 fully saturated rings. The maximum atomic E-state index is 11.8. The molecule has 0 bridgehead atoms. The highest BCUT2D eigenvalue weighted by Crippen LogP contribution is 2.38. The maximum absolute atomic E-state index is 11.8. The van der Waals surface area contributed by atoms with E-state index in [4.69, 9.17) is 11.6 Å². The molecule has 17 heavy (non-hydrogen) atoms. The first-order valence-electron chi connectivity index (χ1n) is 6.15. The third kappa shape index (κ3) is 1.66. The third-order valence-electron chi connectivity index (χ3n) is 4.11. The quantitative estimate of drug-likeness (QED) is 0.665. The number of hydrogen-bond acceptors (Lipinski definition) is 3. The van der Waals surface area contributed by atoms with E-state index in [-0.39, 0.29) is 11.2 Å². The number of nitrogens with zero attached hydrogens (tertiary/aromatic N) is 3. The zero-order chi connectivity index (χ0) is 12.0. The summed E-state index contributed by atoms with van der Waals surface area (Å²) in [7, 11) is 0. The molecule has 1 aromatic rings. The standard InChI is InChI=1S/C12H16ClN3O/c1-12-4-2-3-6-16(12)10-8-9(13)14-11(17)15(10)7-5-12/h8H,2-7H2,1H3. The summed E-state index contributed by atoms with van der Waals surface area (Å²) in [5.41, 5.74) is -0.0323. The Morgan fingerprint density at radius 2 is 2.18 bits per heavy atom. The van der Waals surface area contributed by atoms with Crippen LogP contribution in [0.4, 0.5) is 5.82 Å². The minimum atomic E-state index is -0.222. The van der Waals surface area contributed by atoms with Gasteiger partial charge in [0.05, 0.1) is 0 Å². The molecule has 1 saturated heterocycles. The average molecular weight is 254 g/mol. The molecular weight excluding hydrogens is 238 g/mol. The molecule has 3 heterocycles. The molecule has 1 unspecified atom stereocenters. The Bertz CT molecular complexity index is 513. The van der Waals surface area contributed by atoms with Gasteiger partial charge in [-0.15, -0.1) is 0 Å². The van der Waals surface area contributed by atoms with Crippen LogP contribution in [0.5, 0.6) is 0 Å². The van der Waals surface area contributed by atoms with Gasteiger partial charge in [-0.1, -0.05) is 11.6 Å². The highest BCUT2D eigenvalue weighted by Gasteiger charge is 2.39. The molecule has 0 radical (unpaired) electrons. The molecule has 0 aliphatic carbocycles. The number of aromatic nitrogens is 2. The summed E-state index contributed by atoms with van der Waals surface area (Å²) in [4.78, 5) is 17.9. The van der Waals surface area contributed by atoms with Crippen molar-refractivity contribution < 1.29 is 0 Å². The van der Waals surface area contributed by atoms with Crippen molar-refractivity contribution in [1.29, 1.82) is 0 Å². The number of hydrogen-bond donors (Lipinski definition) is 0. The molecule has 2 aliphatic heterocycles. The maximum Gasteiger partial charge on any atom is 0.350 e. The fourth-order valence-corrected chi connectivity index (χ4v) is 3.25. The number of fused-ring (bicyclic) bond motifs is 3. The lowest BCUT2D eigenvalue weighted by atomic mass is 9.84. The van der Waals surface area contributed by atoms with Gasteiger partial charge in [0.1, 0.15) is 11.0 Å². The van der Waals surface area contributed by atoms with Crippen LogP contribution in [0, 0.1) is 0 Å². The fraction of sp³-hybridized carbons (Fsp3) is 0.667. The van der Waals surface area contributed by atoms with Gasteiger partial charge in [-0.2, -0.15) is 4.98 Å². The predicted molar refractivity (Wildman–Crippen MR) is 67.7 cm³/mol. The van der Waals surface area contributed by atoms with Crippen LogP contribution in [0.1, 0.15) is 32.6 Å². The monoisotopic (exact) mass is 253 g/mol. The van der Waals surface area contributed by atoms with Crippen LogP contribution in [0.15, 0.2) is 10.9 Å². The molecule has 0 aromatic carbocycles. The second kappa shape index (κ2) is 3.73. The lowest BCUT2D eigenvalue weighted by molar-refractivity contribution is 0.268. The minimum absolute atomic E-state index is 0.190. The van der Waals surface area contributed by atoms with Gasteiger partial charge in [0.15, 0.2) is 0 Å². The van der Waals surface area contributed by atoms with E-state index in [1.54, 1.807) is 4.57 Å². The van der Waals surface area contributed by atoms with E-state index in [1.807, 2.05) is 6.07 Å². The molecule has 0 spiro atoms. The van der Waals surface area contributed by atoms with Gasteiger partial charge in [-0.3, -0.25) is 4.57 Å². The molecule has 0 amide bonds. The summed E-state index contributed by atoms with van der Waals surface area (Å²) in [6.45, 7) is 4.05. The fourth-order valence-electron chi connectivity index (χ4n) is 3.08. The summed E-state index contributed by atoms with van der Waals surface area (Å²) >= 11 is 5.91. The van der Waals surface area contributed by atoms with Crippen molar-refractivity contribution in [2.24, 2.45) is 0 Å². The van der Waals surface area contributed by atoms with Crippen molar-refractivity contribution in [3.05, 3.63) is 21.7 Å². The Hall–Kier alpha value is -1.03. The van der Waals surface area contributed by atoms with Crippen LogP contribution in [0.25, 0.3) is 0 Å². The molecule has 92 valence electrons. The summed E-state index contributed by atoms with van der Waals surface area (Å²) < 4.78 is 1.75. The molecule has 1 atom stereocenters. The van der Waals surface area contributed by atoms with E-state index in [0.717, 1.165) is 25.3 Å². The summed E-state index contributed by atoms with van der Waals surface area (Å²) in [5.74, 6) is 0.948. The number of piperidine rings is 1. The van der Waals surface area contributed by atoms with Crippen LogP contribution < -0.4 is 10.6 Å². The second-order valence-corrected chi connectivity index (χ2v) is 5.61. The first-order valence-corrected chi connectivity index (χ1v) is 6.53. The van der Waals surface area contributed by atoms with Crippen molar-refractivity contribution >= 4 is 17.4 Å². The van der Waals surface area contributed by atoms with Crippen LogP contribution in [0.3, 0.4) is 0 Å². The van der Waals surface area contributed by atoms with Crippen LogP contribution >= 0.6 is 11.6 Å². The van der Waals surface area contributed by atoms with Gasteiger partial charge in [0.25, 0.3) is 0 Å². The molecule has 2 aliphatic rings. The van der Waals surface area contributed by atoms with E-state index in [1.165, 1.54) is 19.3 Å². The lowest BCUT2D eigenvalue weighted by Gasteiger charge is -2.50. The SMILES string of the molecule is CC12CCCCN1c1cc(Cl)nc(=O)n1CC2. The van der Waals surface area contributed by atoms with Crippen molar-refractivity contribution in [1.82, 2.24) is 9.55 Å². The van der Waals surface area contributed by atoms with Crippen molar-refractivity contribution in [3.8, 4) is 0 Å². The third-order valence-corrected chi connectivity index (χ3v) is 4.30. The smallest absolute Gasteiger partial charge is 0.350 e. The van der Waals surface area contributed by atoms with Crippen LogP contribution in [0.2, 0.25) is 5.15 Å². The van der Waals surface area contributed by atoms with Crippen LogP contribution in [-0.4, -0.2) is 21.6 Å². The largest absolute Gasteiger partial charge is 0.352 e. The number of rotatable bonds is 0. The van der Waals surface area contributed by atoms with Gasteiger partial charge in [-0.25, -0.2) is 4.79 Å². The lowest BCUT2D eigenvalue weighted by Crippen LogP contribution is -2.55. The zero-order valence-electron chi connectivity index (χ0n) is 9.95.